The normalized spacial score (nSPS) is 19.5. The molecule has 0 amide bonds. The van der Waals surface area contributed by atoms with Crippen molar-refractivity contribution in [1.82, 2.24) is 4.90 Å². The number of hydrogen-bond donors (Lipinski definition) is 1. The summed E-state index contributed by atoms with van der Waals surface area (Å²) in [5.41, 5.74) is 8.27. The van der Waals surface area contributed by atoms with Crippen LogP contribution in [-0.4, -0.2) is 18.0 Å². The van der Waals surface area contributed by atoms with Crippen molar-refractivity contribution < 1.29 is 0 Å². The Morgan fingerprint density at radius 2 is 1.84 bits per heavy atom. The van der Waals surface area contributed by atoms with E-state index in [4.69, 9.17) is 17.3 Å². The second-order valence-electron chi connectivity index (χ2n) is 5.84. The fourth-order valence-corrected chi connectivity index (χ4v) is 3.27. The van der Waals surface area contributed by atoms with Gasteiger partial charge in [0.05, 0.1) is 10.7 Å². The molecule has 1 heterocycles. The lowest BCUT2D eigenvalue weighted by Crippen LogP contribution is -2.39. The van der Waals surface area contributed by atoms with Gasteiger partial charge in [0.25, 0.3) is 0 Å². The van der Waals surface area contributed by atoms with E-state index in [0.29, 0.717) is 16.1 Å². The summed E-state index contributed by atoms with van der Waals surface area (Å²) >= 11 is 6.08. The summed E-state index contributed by atoms with van der Waals surface area (Å²) in [6, 6.07) is 5.99. The van der Waals surface area contributed by atoms with E-state index >= 15 is 0 Å². The van der Waals surface area contributed by atoms with Crippen molar-refractivity contribution in [2.24, 2.45) is 5.41 Å². The molecule has 2 N–H and O–H groups in total. The molecule has 0 bridgehead atoms. The van der Waals surface area contributed by atoms with E-state index < -0.39 is 0 Å². The van der Waals surface area contributed by atoms with Crippen molar-refractivity contribution >= 4 is 17.3 Å². The number of piperidine rings is 1. The van der Waals surface area contributed by atoms with Crippen molar-refractivity contribution in [3.05, 3.63) is 28.8 Å². The molecule has 2 nitrogen and oxygen atoms in total. The summed E-state index contributed by atoms with van der Waals surface area (Å²) in [6.45, 7) is 8.05. The van der Waals surface area contributed by atoms with Crippen LogP contribution in [0.2, 0.25) is 5.02 Å². The van der Waals surface area contributed by atoms with Crippen LogP contribution in [0, 0.1) is 5.41 Å². The van der Waals surface area contributed by atoms with Gasteiger partial charge in [0.15, 0.2) is 0 Å². The molecule has 1 aromatic rings. The molecule has 3 heteroatoms. The molecule has 1 aromatic carbocycles. The molecular weight excluding hydrogens is 256 g/mol. The predicted octanol–water partition coefficient (Wildman–Crippen LogP) is 4.32. The number of halogens is 1. The van der Waals surface area contributed by atoms with E-state index in [1.165, 1.54) is 44.3 Å². The molecule has 1 fully saturated rings. The van der Waals surface area contributed by atoms with Crippen LogP contribution in [0.1, 0.15) is 45.1 Å². The van der Waals surface area contributed by atoms with E-state index in [1.807, 2.05) is 12.1 Å². The Kier molecular flexibility index (Phi) is 4.75. The highest BCUT2D eigenvalue weighted by atomic mass is 35.5. The Morgan fingerprint density at radius 1 is 1.21 bits per heavy atom. The molecule has 0 unspecified atom stereocenters. The van der Waals surface area contributed by atoms with Crippen LogP contribution in [0.4, 0.5) is 5.69 Å². The van der Waals surface area contributed by atoms with Gasteiger partial charge in [0, 0.05) is 6.54 Å². The van der Waals surface area contributed by atoms with Gasteiger partial charge in [-0.05, 0) is 49.0 Å². The number of rotatable bonds is 4. The Hall–Kier alpha value is -0.730. The van der Waals surface area contributed by atoms with Crippen molar-refractivity contribution in [1.29, 1.82) is 0 Å². The Labute approximate surface area is 121 Å². The van der Waals surface area contributed by atoms with Crippen LogP contribution in [0.3, 0.4) is 0 Å². The second kappa shape index (κ2) is 6.15. The summed E-state index contributed by atoms with van der Waals surface area (Å²) < 4.78 is 0. The fourth-order valence-electron chi connectivity index (χ4n) is 3.07. The molecule has 0 saturated carbocycles. The molecule has 1 aliphatic heterocycles. The minimum atomic E-state index is 0.593. The van der Waals surface area contributed by atoms with Crippen molar-refractivity contribution in [2.75, 3.05) is 18.8 Å². The molecule has 1 aliphatic rings. The highest BCUT2D eigenvalue weighted by molar-refractivity contribution is 6.33. The zero-order valence-corrected chi connectivity index (χ0v) is 12.8. The number of nitrogens with zero attached hydrogens (tertiary/aromatic N) is 1. The zero-order valence-electron chi connectivity index (χ0n) is 12.1. The number of hydrogen-bond acceptors (Lipinski definition) is 2. The lowest BCUT2D eigenvalue weighted by molar-refractivity contribution is 0.0909. The predicted molar refractivity (Wildman–Crippen MR) is 83.4 cm³/mol. The molecule has 1 saturated heterocycles. The third-order valence-electron chi connectivity index (χ3n) is 4.89. The standard InChI is InChI=1S/C16H25ClN2/c1-3-16(4-2)7-9-19(10-8-16)12-13-5-6-15(18)14(17)11-13/h5-6,11H,3-4,7-10,12,18H2,1-2H3. The number of likely N-dealkylation sites (tertiary alicyclic amines) is 1. The maximum atomic E-state index is 6.08. The number of nitrogen functional groups attached to an aromatic ring is 1. The van der Waals surface area contributed by atoms with Gasteiger partial charge in [-0.2, -0.15) is 0 Å². The van der Waals surface area contributed by atoms with Crippen LogP contribution in [0.25, 0.3) is 0 Å². The van der Waals surface area contributed by atoms with Gasteiger partial charge in [0.2, 0.25) is 0 Å². The van der Waals surface area contributed by atoms with Gasteiger partial charge in [-0.3, -0.25) is 4.90 Å². The molecule has 0 radical (unpaired) electrons. The highest BCUT2D eigenvalue weighted by Gasteiger charge is 2.30. The second-order valence-corrected chi connectivity index (χ2v) is 6.25. The minimum Gasteiger partial charge on any atom is -0.398 e. The van der Waals surface area contributed by atoms with E-state index in [2.05, 4.69) is 24.8 Å². The van der Waals surface area contributed by atoms with Crippen molar-refractivity contribution in [3.63, 3.8) is 0 Å². The third kappa shape index (κ3) is 3.43. The number of nitrogens with two attached hydrogens (primary N) is 1. The maximum absolute atomic E-state index is 6.08. The van der Waals surface area contributed by atoms with Crippen LogP contribution >= 0.6 is 11.6 Å². The third-order valence-corrected chi connectivity index (χ3v) is 5.22. The van der Waals surface area contributed by atoms with Gasteiger partial charge >= 0.3 is 0 Å². The molecular formula is C16H25ClN2. The molecule has 2 rings (SSSR count). The lowest BCUT2D eigenvalue weighted by atomic mass is 9.74. The van der Waals surface area contributed by atoms with Crippen LogP contribution in [0.5, 0.6) is 0 Å². The first-order chi connectivity index (χ1) is 9.08. The molecule has 0 spiro atoms. The smallest absolute Gasteiger partial charge is 0.0638 e. The average Bonchev–Trinajstić information content (AvgIpc) is 2.44. The van der Waals surface area contributed by atoms with Gasteiger partial charge in [-0.15, -0.1) is 0 Å². The first-order valence-electron chi connectivity index (χ1n) is 7.35. The zero-order chi connectivity index (χ0) is 13.9. The quantitative estimate of drug-likeness (QED) is 0.832. The summed E-state index contributed by atoms with van der Waals surface area (Å²) in [5.74, 6) is 0. The van der Waals surface area contributed by atoms with Gasteiger partial charge in [-0.1, -0.05) is 44.4 Å². The molecule has 0 aromatic heterocycles. The van der Waals surface area contributed by atoms with E-state index in [0.717, 1.165) is 6.54 Å². The highest BCUT2D eigenvalue weighted by Crippen LogP contribution is 2.38. The van der Waals surface area contributed by atoms with Gasteiger partial charge in [-0.25, -0.2) is 0 Å². The first kappa shape index (κ1) is 14.7. The monoisotopic (exact) mass is 280 g/mol. The van der Waals surface area contributed by atoms with Gasteiger partial charge < -0.3 is 5.73 Å². The summed E-state index contributed by atoms with van der Waals surface area (Å²) in [4.78, 5) is 2.53. The molecule has 0 aliphatic carbocycles. The number of benzene rings is 1. The lowest BCUT2D eigenvalue weighted by Gasteiger charge is -2.41. The summed E-state index contributed by atoms with van der Waals surface area (Å²) in [6.07, 6.45) is 5.27. The maximum Gasteiger partial charge on any atom is 0.0638 e. The van der Waals surface area contributed by atoms with Crippen molar-refractivity contribution in [3.8, 4) is 0 Å². The summed E-state index contributed by atoms with van der Waals surface area (Å²) in [5, 5.41) is 0.672. The number of anilines is 1. The Morgan fingerprint density at radius 3 is 2.37 bits per heavy atom. The van der Waals surface area contributed by atoms with E-state index in [9.17, 15) is 0 Å². The SMILES string of the molecule is CCC1(CC)CCN(Cc2ccc(N)c(Cl)c2)CC1. The van der Waals surface area contributed by atoms with Crippen molar-refractivity contribution in [2.45, 2.75) is 46.1 Å². The molecule has 0 atom stereocenters. The Bertz CT molecular complexity index is 417. The Balaban J connectivity index is 1.93. The average molecular weight is 281 g/mol. The first-order valence-corrected chi connectivity index (χ1v) is 7.72. The van der Waals surface area contributed by atoms with Crippen LogP contribution in [0.15, 0.2) is 18.2 Å². The largest absolute Gasteiger partial charge is 0.398 e. The van der Waals surface area contributed by atoms with E-state index in [-0.39, 0.29) is 0 Å². The minimum absolute atomic E-state index is 0.593. The molecule has 106 valence electrons. The van der Waals surface area contributed by atoms with E-state index in [1.54, 1.807) is 0 Å². The van der Waals surface area contributed by atoms with Gasteiger partial charge in [0.1, 0.15) is 0 Å². The molecule has 19 heavy (non-hydrogen) atoms. The topological polar surface area (TPSA) is 29.3 Å². The van der Waals surface area contributed by atoms with Crippen LogP contribution < -0.4 is 5.73 Å². The van der Waals surface area contributed by atoms with Crippen LogP contribution in [-0.2, 0) is 6.54 Å². The fraction of sp³-hybridized carbons (Fsp3) is 0.625. The summed E-state index contributed by atoms with van der Waals surface area (Å²) in [7, 11) is 0.